The number of pyridine rings is 1. The van der Waals surface area contributed by atoms with Crippen molar-refractivity contribution in [1.29, 1.82) is 0 Å². The van der Waals surface area contributed by atoms with Crippen molar-refractivity contribution < 1.29 is 4.79 Å². The summed E-state index contributed by atoms with van der Waals surface area (Å²) in [5.41, 5.74) is 0. The number of halogens is 1. The van der Waals surface area contributed by atoms with Gasteiger partial charge in [0.1, 0.15) is 5.82 Å². The maximum atomic E-state index is 11.4. The van der Waals surface area contributed by atoms with Crippen LogP contribution in [-0.4, -0.2) is 23.5 Å². The fourth-order valence-electron chi connectivity index (χ4n) is 1.31. The molecule has 1 aromatic rings. The summed E-state index contributed by atoms with van der Waals surface area (Å²) in [7, 11) is 0. The zero-order valence-electron chi connectivity index (χ0n) is 8.87. The molecule has 0 aliphatic heterocycles. The molecule has 0 atom stereocenters. The molecule has 0 saturated heterocycles. The highest BCUT2D eigenvalue weighted by Crippen LogP contribution is 2.18. The van der Waals surface area contributed by atoms with Crippen LogP contribution in [0.2, 0.25) is 0 Å². The Morgan fingerprint density at radius 1 is 1.50 bits per heavy atom. The minimum absolute atomic E-state index is 0.118. The van der Waals surface area contributed by atoms with Crippen LogP contribution in [0.3, 0.4) is 0 Å². The van der Waals surface area contributed by atoms with Gasteiger partial charge in [0, 0.05) is 29.7 Å². The molecule has 1 fully saturated rings. The molecule has 5 heteroatoms. The van der Waals surface area contributed by atoms with E-state index in [1.165, 1.54) is 0 Å². The van der Waals surface area contributed by atoms with Crippen molar-refractivity contribution in [2.45, 2.75) is 25.3 Å². The van der Waals surface area contributed by atoms with E-state index in [0.717, 1.165) is 23.1 Å². The Balaban J connectivity index is 1.66. The van der Waals surface area contributed by atoms with Gasteiger partial charge < -0.3 is 10.6 Å². The second kappa shape index (κ2) is 5.30. The van der Waals surface area contributed by atoms with Crippen LogP contribution in [0.25, 0.3) is 0 Å². The number of carbonyl (C=O) groups is 1. The van der Waals surface area contributed by atoms with E-state index in [2.05, 4.69) is 31.5 Å². The molecule has 16 heavy (non-hydrogen) atoms. The molecular formula is C11H14BrN3O. The largest absolute Gasteiger partial charge is 0.370 e. The number of carbonyl (C=O) groups excluding carboxylic acids is 1. The van der Waals surface area contributed by atoms with Gasteiger partial charge in [0.25, 0.3) is 0 Å². The Bertz CT molecular complexity index is 362. The van der Waals surface area contributed by atoms with E-state index in [1.54, 1.807) is 6.20 Å². The van der Waals surface area contributed by atoms with Crippen molar-refractivity contribution in [2.24, 2.45) is 0 Å². The first kappa shape index (κ1) is 11.4. The molecule has 86 valence electrons. The monoisotopic (exact) mass is 283 g/mol. The smallest absolute Gasteiger partial charge is 0.221 e. The number of hydrogen-bond acceptors (Lipinski definition) is 3. The number of hydrogen-bond donors (Lipinski definition) is 2. The molecule has 0 aromatic carbocycles. The van der Waals surface area contributed by atoms with Crippen LogP contribution >= 0.6 is 15.9 Å². The summed E-state index contributed by atoms with van der Waals surface area (Å²) in [6, 6.07) is 4.24. The van der Waals surface area contributed by atoms with E-state index in [9.17, 15) is 4.79 Å². The topological polar surface area (TPSA) is 54.0 Å². The Hall–Kier alpha value is -1.10. The molecule has 2 rings (SSSR count). The number of anilines is 1. The van der Waals surface area contributed by atoms with Crippen molar-refractivity contribution in [3.05, 3.63) is 22.8 Å². The maximum Gasteiger partial charge on any atom is 0.221 e. The quantitative estimate of drug-likeness (QED) is 0.868. The van der Waals surface area contributed by atoms with Crippen molar-refractivity contribution in [3.8, 4) is 0 Å². The van der Waals surface area contributed by atoms with Crippen LogP contribution in [0.1, 0.15) is 19.3 Å². The van der Waals surface area contributed by atoms with Gasteiger partial charge >= 0.3 is 0 Å². The Kier molecular flexibility index (Phi) is 3.77. The zero-order valence-corrected chi connectivity index (χ0v) is 10.5. The van der Waals surface area contributed by atoms with Crippen molar-refractivity contribution in [1.82, 2.24) is 10.3 Å². The summed E-state index contributed by atoms with van der Waals surface area (Å²) in [5, 5.41) is 6.05. The number of rotatable bonds is 5. The molecule has 1 aromatic heterocycles. The maximum absolute atomic E-state index is 11.4. The summed E-state index contributed by atoms with van der Waals surface area (Å²) < 4.78 is 0.949. The van der Waals surface area contributed by atoms with Gasteiger partial charge in [0.2, 0.25) is 5.91 Å². The highest BCUT2D eigenvalue weighted by Gasteiger charge is 2.22. The van der Waals surface area contributed by atoms with Crippen LogP contribution in [0, 0.1) is 0 Å². The second-order valence-corrected chi connectivity index (χ2v) is 4.80. The van der Waals surface area contributed by atoms with Crippen molar-refractivity contribution in [3.63, 3.8) is 0 Å². The van der Waals surface area contributed by atoms with Crippen LogP contribution in [0.5, 0.6) is 0 Å². The van der Waals surface area contributed by atoms with Crippen LogP contribution in [-0.2, 0) is 4.79 Å². The van der Waals surface area contributed by atoms with Gasteiger partial charge in [-0.25, -0.2) is 4.98 Å². The van der Waals surface area contributed by atoms with Crippen molar-refractivity contribution in [2.75, 3.05) is 11.9 Å². The fourth-order valence-corrected chi connectivity index (χ4v) is 1.55. The summed E-state index contributed by atoms with van der Waals surface area (Å²) in [4.78, 5) is 15.5. The van der Waals surface area contributed by atoms with Crippen molar-refractivity contribution >= 4 is 27.7 Å². The predicted octanol–water partition coefficient (Wildman–Crippen LogP) is 1.92. The third kappa shape index (κ3) is 3.81. The predicted molar refractivity (Wildman–Crippen MR) is 66.2 cm³/mol. The minimum Gasteiger partial charge on any atom is -0.370 e. The second-order valence-electron chi connectivity index (χ2n) is 3.88. The number of aromatic nitrogens is 1. The first-order chi connectivity index (χ1) is 7.74. The lowest BCUT2D eigenvalue weighted by Crippen LogP contribution is -2.27. The number of nitrogens with one attached hydrogen (secondary N) is 2. The summed E-state index contributed by atoms with van der Waals surface area (Å²) in [6.07, 6.45) is 4.49. The normalized spacial score (nSPS) is 14.6. The average molecular weight is 284 g/mol. The Morgan fingerprint density at radius 3 is 2.94 bits per heavy atom. The van der Waals surface area contributed by atoms with Crippen LogP contribution in [0.4, 0.5) is 5.82 Å². The third-order valence-electron chi connectivity index (χ3n) is 2.33. The first-order valence-corrected chi connectivity index (χ1v) is 6.18. The van der Waals surface area contributed by atoms with E-state index in [4.69, 9.17) is 0 Å². The average Bonchev–Trinajstić information content (AvgIpc) is 3.05. The lowest BCUT2D eigenvalue weighted by atomic mass is 10.4. The van der Waals surface area contributed by atoms with E-state index < -0.39 is 0 Å². The van der Waals surface area contributed by atoms with Gasteiger partial charge in [-0.15, -0.1) is 0 Å². The highest BCUT2D eigenvalue weighted by atomic mass is 79.9. The van der Waals surface area contributed by atoms with Crippen LogP contribution < -0.4 is 10.6 Å². The first-order valence-electron chi connectivity index (χ1n) is 5.39. The molecule has 1 aliphatic carbocycles. The summed E-state index contributed by atoms with van der Waals surface area (Å²) >= 11 is 3.32. The Labute approximate surface area is 103 Å². The van der Waals surface area contributed by atoms with Gasteiger partial charge in [-0.05, 0) is 40.9 Å². The van der Waals surface area contributed by atoms with Gasteiger partial charge in [0.15, 0.2) is 0 Å². The molecule has 0 spiro atoms. The molecule has 1 saturated carbocycles. The van der Waals surface area contributed by atoms with Gasteiger partial charge in [-0.2, -0.15) is 0 Å². The molecule has 0 bridgehead atoms. The standard InChI is InChI=1S/C11H14BrN3O/c12-8-1-4-10(14-7-8)13-6-5-11(16)15-9-2-3-9/h1,4,7,9H,2-3,5-6H2,(H,13,14)(H,15,16). The summed E-state index contributed by atoms with van der Waals surface area (Å²) in [6.45, 7) is 0.618. The SMILES string of the molecule is O=C(CCNc1ccc(Br)cn1)NC1CC1. The lowest BCUT2D eigenvalue weighted by molar-refractivity contribution is -0.120. The molecule has 0 radical (unpaired) electrons. The van der Waals surface area contributed by atoms with Crippen LogP contribution in [0.15, 0.2) is 22.8 Å². The van der Waals surface area contributed by atoms with Gasteiger partial charge in [-0.1, -0.05) is 0 Å². The highest BCUT2D eigenvalue weighted by molar-refractivity contribution is 9.10. The fraction of sp³-hybridized carbons (Fsp3) is 0.455. The molecule has 2 N–H and O–H groups in total. The van der Waals surface area contributed by atoms with Gasteiger partial charge in [0.05, 0.1) is 0 Å². The minimum atomic E-state index is 0.118. The molecule has 1 heterocycles. The molecule has 1 aliphatic rings. The van der Waals surface area contributed by atoms with E-state index >= 15 is 0 Å². The molecular weight excluding hydrogens is 270 g/mol. The number of amides is 1. The lowest BCUT2D eigenvalue weighted by Gasteiger charge is -2.05. The summed E-state index contributed by atoms with van der Waals surface area (Å²) in [5.74, 6) is 0.912. The third-order valence-corrected chi connectivity index (χ3v) is 2.80. The van der Waals surface area contributed by atoms with E-state index in [0.29, 0.717) is 19.0 Å². The number of nitrogens with zero attached hydrogens (tertiary/aromatic N) is 1. The zero-order chi connectivity index (χ0) is 11.4. The van der Waals surface area contributed by atoms with E-state index in [1.807, 2.05) is 12.1 Å². The van der Waals surface area contributed by atoms with Gasteiger partial charge in [-0.3, -0.25) is 4.79 Å². The molecule has 4 nitrogen and oxygen atoms in total. The molecule has 1 amide bonds. The van der Waals surface area contributed by atoms with E-state index in [-0.39, 0.29) is 5.91 Å². The Morgan fingerprint density at radius 2 is 2.31 bits per heavy atom. The molecule has 0 unspecified atom stereocenters.